The number of thiol groups is 2. The molecule has 10 N–H and O–H groups in total. The molecule has 0 radical (unpaired) electrons. The maximum Gasteiger partial charge on any atom is 0.472 e. The molecule has 10 rings (SSSR count). The van der Waals surface area contributed by atoms with Crippen molar-refractivity contribution in [2.24, 2.45) is 0 Å². The second-order valence-corrected chi connectivity index (χ2v) is 31.9. The summed E-state index contributed by atoms with van der Waals surface area (Å²) >= 11 is 8.88. The number of phosphoric ester groups is 1. The van der Waals surface area contributed by atoms with Gasteiger partial charge in [-0.2, -0.15) is 9.97 Å². The zero-order chi connectivity index (χ0) is 75.3. The number of imidazole rings is 2. The number of aliphatic hydroxyl groups is 1. The Morgan fingerprint density at radius 3 is 1.31 bits per heavy atom. The van der Waals surface area contributed by atoms with Gasteiger partial charge in [-0.25, -0.2) is 53.2 Å². The van der Waals surface area contributed by atoms with Gasteiger partial charge in [0.1, 0.15) is 102 Å². The Balaban J connectivity index is 0.941. The molecule has 19 atom stereocenters. The summed E-state index contributed by atoms with van der Waals surface area (Å²) in [5, 5.41) is 11.8. The summed E-state index contributed by atoms with van der Waals surface area (Å²) in [6.07, 6.45) is -8.75. The molecule has 0 aliphatic carbocycles. The van der Waals surface area contributed by atoms with E-state index < -0.39 is 151 Å². The number of nitrogens with zero attached hydrogens (tertiary/aromatic N) is 12. The number of aryl methyl sites for hydroxylation is 2. The molecule has 0 aromatic carbocycles. The van der Waals surface area contributed by atoms with Gasteiger partial charge in [-0.3, -0.25) is 45.4 Å². The van der Waals surface area contributed by atoms with Crippen molar-refractivity contribution in [3.8, 4) is 0 Å². The zero-order valence-electron chi connectivity index (χ0n) is 58.6. The van der Waals surface area contributed by atoms with Crippen LogP contribution in [0.15, 0.2) is 47.3 Å². The summed E-state index contributed by atoms with van der Waals surface area (Å²) in [6, 6.07) is 0. The van der Waals surface area contributed by atoms with E-state index in [2.05, 4.69) is 71.3 Å². The summed E-state index contributed by atoms with van der Waals surface area (Å²) in [6.45, 7) is -7.12. The number of methoxy groups -OCH3 is 4. The molecule has 4 fully saturated rings. The van der Waals surface area contributed by atoms with Crippen molar-refractivity contribution >= 4 is 91.5 Å². The molecule has 11 unspecified atom stereocenters. The van der Waals surface area contributed by atoms with Crippen LogP contribution in [0.4, 0.5) is 23.3 Å². The molecule has 4 saturated heterocycles. The van der Waals surface area contributed by atoms with Crippen molar-refractivity contribution in [3.63, 3.8) is 0 Å². The molecule has 0 spiro atoms. The Morgan fingerprint density at radius 1 is 0.476 bits per heavy atom. The summed E-state index contributed by atoms with van der Waals surface area (Å²) in [7, 11) is 0.356. The molecule has 10 heterocycles. The minimum absolute atomic E-state index is 0.00278. The number of anilines is 4. The van der Waals surface area contributed by atoms with Gasteiger partial charge in [0.2, 0.25) is 0 Å². The first-order chi connectivity index (χ1) is 50.3. The average Bonchev–Trinajstić information content (AvgIpc) is 1.63. The lowest BCUT2D eigenvalue weighted by atomic mass is 10.0. The van der Waals surface area contributed by atoms with Gasteiger partial charge >= 0.3 is 32.8 Å². The van der Waals surface area contributed by atoms with Crippen molar-refractivity contribution in [2.75, 3.05) is 124 Å². The second-order valence-electron chi connectivity index (χ2n) is 24.8. The van der Waals surface area contributed by atoms with Crippen molar-refractivity contribution in [1.82, 2.24) is 58.1 Å². The molecule has 46 heteroatoms. The van der Waals surface area contributed by atoms with Crippen molar-refractivity contribution in [1.29, 1.82) is 0 Å². The smallest absolute Gasteiger partial charge is 0.387 e. The third-order valence-corrected chi connectivity index (χ3v) is 21.8. The molecule has 4 aliphatic heterocycles. The minimum Gasteiger partial charge on any atom is -0.387 e. The van der Waals surface area contributed by atoms with E-state index in [1.54, 1.807) is 13.8 Å². The molecule has 0 amide bonds. The molecular formula is C59H91N16O25P3S2. The van der Waals surface area contributed by atoms with E-state index in [-0.39, 0.29) is 105 Å². The fourth-order valence-corrected chi connectivity index (χ4v) is 16.3. The molecule has 105 heavy (non-hydrogen) atoms. The van der Waals surface area contributed by atoms with Crippen molar-refractivity contribution in [2.45, 2.75) is 164 Å². The number of hydrogen-bond donors (Lipinski definition) is 8. The van der Waals surface area contributed by atoms with E-state index in [1.807, 2.05) is 0 Å². The highest BCUT2D eigenvalue weighted by atomic mass is 32.7. The SMILES string of the molecule is CCCCCCCC[C@H]1O[C@@H](n2cc(C)c(N)nc2=O)C(OCCOC)C1OP(=O)(O)OC[C@H]1O[C@@H](n2cc(C)c(N)nc2=O)C(OCCOC)C1OP(=O)(S)OC[C@H]1O[C@@H](n2cnc3c(N)ncnc32)C(OCCOC)C1OP(=O)(S)OC[C@H]1O[C@@H](n2cnc3c(N)ncnc32)C(OCCOC)C1O. The van der Waals surface area contributed by atoms with Gasteiger partial charge in [0.15, 0.2) is 47.8 Å². The number of nitrogens with two attached hydrogens (primary N) is 4. The second kappa shape index (κ2) is 37.4. The minimum atomic E-state index is -5.39. The molecule has 6 aromatic rings. The third-order valence-electron chi connectivity index (χ3n) is 17.6. The van der Waals surface area contributed by atoms with E-state index in [4.69, 9.17) is 107 Å². The van der Waals surface area contributed by atoms with Crippen LogP contribution in [0.3, 0.4) is 0 Å². The van der Waals surface area contributed by atoms with Gasteiger partial charge in [-0.05, 0) is 20.3 Å². The summed E-state index contributed by atoms with van der Waals surface area (Å²) < 4.78 is 159. The van der Waals surface area contributed by atoms with Gasteiger partial charge < -0.3 is 89.8 Å². The number of rotatable bonds is 42. The molecular weight excluding hydrogens is 1490 g/mol. The molecule has 0 bridgehead atoms. The van der Waals surface area contributed by atoms with Gasteiger partial charge in [0, 0.05) is 52.0 Å². The first-order valence-corrected chi connectivity index (χ1v) is 40.5. The topological polar surface area (TPSA) is 519 Å². The number of phosphoric acid groups is 1. The van der Waals surface area contributed by atoms with Crippen LogP contribution < -0.4 is 34.3 Å². The Morgan fingerprint density at radius 2 is 0.857 bits per heavy atom. The first kappa shape index (κ1) is 82.2. The van der Waals surface area contributed by atoms with Crippen LogP contribution in [-0.4, -0.2) is 243 Å². The van der Waals surface area contributed by atoms with Crippen LogP contribution in [0.5, 0.6) is 0 Å². The van der Waals surface area contributed by atoms with E-state index in [0.717, 1.165) is 36.7 Å². The first-order valence-electron chi connectivity index (χ1n) is 33.6. The fourth-order valence-electron chi connectivity index (χ4n) is 12.4. The lowest BCUT2D eigenvalue weighted by molar-refractivity contribution is -0.0843. The monoisotopic (exact) mass is 1580 g/mol. The number of nitrogen functional groups attached to an aromatic ring is 4. The predicted octanol–water partition coefficient (Wildman–Crippen LogP) is 3.33. The molecule has 584 valence electrons. The van der Waals surface area contributed by atoms with E-state index in [9.17, 15) is 28.7 Å². The van der Waals surface area contributed by atoms with Gasteiger partial charge in [0.25, 0.3) is 0 Å². The molecule has 41 nitrogen and oxygen atoms in total. The number of ether oxygens (including phenoxy) is 12. The van der Waals surface area contributed by atoms with Crippen LogP contribution in [0.1, 0.15) is 87.9 Å². The Labute approximate surface area is 612 Å². The number of aliphatic hydroxyl groups excluding tert-OH is 1. The van der Waals surface area contributed by atoms with Crippen LogP contribution in [0.25, 0.3) is 22.3 Å². The third kappa shape index (κ3) is 20.2. The molecule has 6 aromatic heterocycles. The van der Waals surface area contributed by atoms with Crippen LogP contribution in [0, 0.1) is 13.8 Å². The van der Waals surface area contributed by atoms with Crippen LogP contribution >= 0.6 is 45.9 Å². The highest BCUT2D eigenvalue weighted by Crippen LogP contribution is 2.60. The maximum absolute atomic E-state index is 15.3. The molecule has 4 aliphatic rings. The number of hydrogen-bond acceptors (Lipinski definition) is 36. The van der Waals surface area contributed by atoms with Crippen molar-refractivity contribution < 1.29 is 108 Å². The van der Waals surface area contributed by atoms with E-state index in [0.29, 0.717) is 17.5 Å². The Hall–Kier alpha value is -5.35. The predicted molar refractivity (Wildman–Crippen MR) is 376 cm³/mol. The van der Waals surface area contributed by atoms with E-state index in [1.165, 1.54) is 79.8 Å². The Bertz CT molecular complexity index is 4120. The van der Waals surface area contributed by atoms with Crippen LogP contribution in [0.2, 0.25) is 0 Å². The van der Waals surface area contributed by atoms with E-state index >= 15 is 4.57 Å². The van der Waals surface area contributed by atoms with Gasteiger partial charge in [-0.15, -0.1) is 0 Å². The van der Waals surface area contributed by atoms with Crippen LogP contribution in [-0.2, 0) is 97.7 Å². The lowest BCUT2D eigenvalue weighted by Gasteiger charge is -2.29. The number of aromatic nitrogens is 12. The fraction of sp³-hybridized carbons (Fsp3) is 0.695. The average molecular weight is 1580 g/mol. The number of unbranched alkanes of at least 4 members (excludes halogenated alkanes) is 5. The van der Waals surface area contributed by atoms with Crippen molar-refractivity contribution in [3.05, 3.63) is 69.8 Å². The summed E-state index contributed by atoms with van der Waals surface area (Å²) in [5.74, 6) is -0.0532. The lowest BCUT2D eigenvalue weighted by Crippen LogP contribution is -2.41. The maximum atomic E-state index is 15.3. The number of fused-ring (bicyclic) bond motifs is 2. The highest BCUT2D eigenvalue weighted by molar-refractivity contribution is 8.44. The molecule has 0 saturated carbocycles. The highest BCUT2D eigenvalue weighted by Gasteiger charge is 2.56. The quantitative estimate of drug-likeness (QED) is 0.0155. The normalized spacial score (nSPS) is 28.1. The van der Waals surface area contributed by atoms with Gasteiger partial charge in [-0.1, -0.05) is 69.9 Å². The van der Waals surface area contributed by atoms with Gasteiger partial charge in [0.05, 0.1) is 91.4 Å². The standard InChI is InChI=1S/C59H91N16O25P3S2/c1-8-9-10-11-12-13-14-34-41(45(88-20-16-84-5)55(94-34)72-23-32(2)48(60)70-58(72)77)98-101(79,80)91-26-36-42(46(89-21-17-85-6)56(96-36)73-24-33(3)49(61)71-59(73)78)99-103(82,105)93-27-37-43(47(90-22-18-86-7)57(97-37)75-31-69-39-51(63)65-29-67-53(39)75)100-102(81,104)92-25-35-40(76)44(87-19-15-83-4)54(95-35)74-30-68-38-50(62)64-28-66-52(38)74/h23-24,28-31,34-37,40-47,54-57,76H,8-22,25-27H2,1-7H3,(H,79,80)(H,81,104)(H,82,105)(H2,60,70,77)(H2,61,71,78)(H2,62,64,66)(H2,63,65,67)/t34-,35-,36-,37-,40?,41?,42?,43?,44?,45?,46?,47?,54-,55-,56-,57-,102?,103?/m1/s1. The zero-order valence-corrected chi connectivity index (χ0v) is 63.1. The summed E-state index contributed by atoms with van der Waals surface area (Å²) in [5.41, 5.74) is 24.2. The largest absolute Gasteiger partial charge is 0.472 e. The summed E-state index contributed by atoms with van der Waals surface area (Å²) in [4.78, 5) is 72.8. The Kier molecular flexibility index (Phi) is 29.2.